The fourth-order valence-corrected chi connectivity index (χ4v) is 5.90. The normalized spacial score (nSPS) is 26.2. The zero-order valence-electron chi connectivity index (χ0n) is 22.0. The average molecular weight is 497 g/mol. The lowest BCUT2D eigenvalue weighted by Crippen LogP contribution is -2.38. The predicted molar refractivity (Wildman–Crippen MR) is 130 cm³/mol. The van der Waals surface area contributed by atoms with Crippen molar-refractivity contribution in [2.75, 3.05) is 40.4 Å². The maximum Gasteiger partial charge on any atom is 0.410 e. The highest BCUT2D eigenvalue weighted by atomic mass is 19.3. The lowest BCUT2D eigenvalue weighted by molar-refractivity contribution is -0.0309. The molecule has 9 heteroatoms. The van der Waals surface area contributed by atoms with Gasteiger partial charge in [0, 0.05) is 44.5 Å². The van der Waals surface area contributed by atoms with E-state index in [-0.39, 0.29) is 30.4 Å². The number of ether oxygens (including phenoxy) is 2. The van der Waals surface area contributed by atoms with E-state index in [1.54, 1.807) is 16.6 Å². The number of nitrogens with zero attached hydrogens (tertiary/aromatic N) is 4. The zero-order valence-corrected chi connectivity index (χ0v) is 22.0. The third-order valence-electron chi connectivity index (χ3n) is 7.78. The summed E-state index contributed by atoms with van der Waals surface area (Å²) in [5, 5.41) is 4.68. The molecule has 1 aliphatic carbocycles. The third-order valence-corrected chi connectivity index (χ3v) is 7.78. The van der Waals surface area contributed by atoms with Crippen molar-refractivity contribution < 1.29 is 23.0 Å². The van der Waals surface area contributed by atoms with Gasteiger partial charge in [0.2, 0.25) is 0 Å². The Bertz CT molecular complexity index is 895. The SMILES string of the molecule is CN(CCN(C)C(=O)OC(C)(C)C)Cc1nn2c(c1C1CCC3(CCCOC3)CC1)CC(F)(F)C2. The van der Waals surface area contributed by atoms with Gasteiger partial charge in [-0.25, -0.2) is 13.6 Å². The summed E-state index contributed by atoms with van der Waals surface area (Å²) < 4.78 is 41.3. The second-order valence-electron chi connectivity index (χ2n) is 12.1. The van der Waals surface area contributed by atoms with Gasteiger partial charge in [0.25, 0.3) is 5.92 Å². The van der Waals surface area contributed by atoms with Crippen LogP contribution in [0.5, 0.6) is 0 Å². The highest BCUT2D eigenvalue weighted by Gasteiger charge is 2.44. The van der Waals surface area contributed by atoms with Crippen LogP contribution in [0.4, 0.5) is 13.6 Å². The van der Waals surface area contributed by atoms with Crippen molar-refractivity contribution in [3.05, 3.63) is 17.0 Å². The first-order chi connectivity index (χ1) is 16.4. The molecule has 3 heterocycles. The minimum atomic E-state index is -2.72. The summed E-state index contributed by atoms with van der Waals surface area (Å²) in [5.41, 5.74) is 2.44. The van der Waals surface area contributed by atoms with Crippen LogP contribution in [0.25, 0.3) is 0 Å². The molecule has 3 aliphatic rings. The smallest absolute Gasteiger partial charge is 0.410 e. The van der Waals surface area contributed by atoms with Gasteiger partial charge in [-0.2, -0.15) is 5.10 Å². The van der Waals surface area contributed by atoms with Crippen LogP contribution in [-0.2, 0) is 29.0 Å². The van der Waals surface area contributed by atoms with Gasteiger partial charge in [-0.1, -0.05) is 0 Å². The molecule has 2 fully saturated rings. The average Bonchev–Trinajstić information content (AvgIpc) is 3.23. The number of hydrogen-bond acceptors (Lipinski definition) is 5. The Hall–Kier alpha value is -1.74. The topological polar surface area (TPSA) is 59.8 Å². The zero-order chi connectivity index (χ0) is 25.4. The molecule has 1 saturated carbocycles. The quantitative estimate of drug-likeness (QED) is 0.565. The molecule has 0 radical (unpaired) electrons. The number of carbonyl (C=O) groups excluding carboxylic acids is 1. The Morgan fingerprint density at radius 3 is 2.54 bits per heavy atom. The Labute approximate surface area is 208 Å². The van der Waals surface area contributed by atoms with Gasteiger partial charge in [-0.15, -0.1) is 0 Å². The second-order valence-corrected chi connectivity index (χ2v) is 12.1. The van der Waals surface area contributed by atoms with Crippen LogP contribution in [-0.4, -0.2) is 77.6 Å². The van der Waals surface area contributed by atoms with E-state index in [9.17, 15) is 13.6 Å². The summed E-state index contributed by atoms with van der Waals surface area (Å²) in [6, 6.07) is 0. The van der Waals surface area contributed by atoms with Crippen molar-refractivity contribution in [3.63, 3.8) is 0 Å². The molecule has 1 amide bonds. The predicted octanol–water partition coefficient (Wildman–Crippen LogP) is 4.83. The van der Waals surface area contributed by atoms with Crippen molar-refractivity contribution in [2.45, 2.75) is 96.2 Å². The highest BCUT2D eigenvalue weighted by molar-refractivity contribution is 5.67. The Balaban J connectivity index is 1.42. The van der Waals surface area contributed by atoms with Gasteiger partial charge in [-0.05, 0) is 77.7 Å². The summed E-state index contributed by atoms with van der Waals surface area (Å²) in [5.74, 6) is -2.45. The lowest BCUT2D eigenvalue weighted by atomic mass is 9.66. The van der Waals surface area contributed by atoms with Crippen molar-refractivity contribution in [2.24, 2.45) is 5.41 Å². The van der Waals surface area contributed by atoms with Crippen LogP contribution in [0.2, 0.25) is 0 Å². The molecule has 1 spiro atoms. The molecular formula is C26H42F2N4O3. The first-order valence-corrected chi connectivity index (χ1v) is 13.0. The third kappa shape index (κ3) is 6.34. The molecule has 35 heavy (non-hydrogen) atoms. The van der Waals surface area contributed by atoms with E-state index in [4.69, 9.17) is 9.47 Å². The molecule has 4 rings (SSSR count). The molecule has 0 aromatic carbocycles. The van der Waals surface area contributed by atoms with Gasteiger partial charge in [0.15, 0.2) is 0 Å². The standard InChI is InChI=1S/C26H42F2N4O3/c1-24(2,3)35-23(33)31(5)13-12-30(4)16-20-22(21-15-26(27,28)17-32(21)29-20)19-7-10-25(11-8-19)9-6-14-34-18-25/h19H,6-18H2,1-5H3. The van der Waals surface area contributed by atoms with Crippen LogP contribution in [0, 0.1) is 5.41 Å². The van der Waals surface area contributed by atoms with Crippen LogP contribution >= 0.6 is 0 Å². The van der Waals surface area contributed by atoms with Crippen molar-refractivity contribution in [3.8, 4) is 0 Å². The molecule has 2 aliphatic heterocycles. The van der Waals surface area contributed by atoms with E-state index in [1.165, 1.54) is 6.42 Å². The Kier molecular flexibility index (Phi) is 7.49. The van der Waals surface area contributed by atoms with Crippen LogP contribution < -0.4 is 0 Å². The molecule has 1 aromatic rings. The first kappa shape index (κ1) is 26.3. The Morgan fingerprint density at radius 2 is 1.91 bits per heavy atom. The van der Waals surface area contributed by atoms with E-state index >= 15 is 0 Å². The van der Waals surface area contributed by atoms with Crippen molar-refractivity contribution in [1.82, 2.24) is 19.6 Å². The lowest BCUT2D eigenvalue weighted by Gasteiger charge is -2.42. The number of halogens is 2. The van der Waals surface area contributed by atoms with E-state index < -0.39 is 11.5 Å². The van der Waals surface area contributed by atoms with Crippen molar-refractivity contribution >= 4 is 6.09 Å². The fourth-order valence-electron chi connectivity index (χ4n) is 5.90. The molecule has 0 bridgehead atoms. The fraction of sp³-hybridized carbons (Fsp3) is 0.846. The molecular weight excluding hydrogens is 454 g/mol. The van der Waals surface area contributed by atoms with Crippen LogP contribution in [0.15, 0.2) is 0 Å². The summed E-state index contributed by atoms with van der Waals surface area (Å²) in [6.45, 7) is 8.64. The molecule has 0 atom stereocenters. The number of fused-ring (bicyclic) bond motifs is 1. The number of rotatable bonds is 6. The minimum absolute atomic E-state index is 0.217. The second kappa shape index (κ2) is 9.96. The highest BCUT2D eigenvalue weighted by Crippen LogP contribution is 2.49. The molecule has 1 aromatic heterocycles. The molecule has 1 saturated heterocycles. The van der Waals surface area contributed by atoms with E-state index in [1.807, 2.05) is 27.8 Å². The van der Waals surface area contributed by atoms with Gasteiger partial charge < -0.3 is 14.4 Å². The maximum atomic E-state index is 14.3. The van der Waals surface area contributed by atoms with Gasteiger partial charge in [0.05, 0.1) is 18.7 Å². The molecule has 0 unspecified atom stereocenters. The summed E-state index contributed by atoms with van der Waals surface area (Å²) >= 11 is 0. The maximum absolute atomic E-state index is 14.3. The van der Waals surface area contributed by atoms with Crippen LogP contribution in [0.3, 0.4) is 0 Å². The molecule has 198 valence electrons. The molecule has 7 nitrogen and oxygen atoms in total. The minimum Gasteiger partial charge on any atom is -0.444 e. The molecule has 0 N–H and O–H groups in total. The summed E-state index contributed by atoms with van der Waals surface area (Å²) in [6.07, 6.45) is 5.96. The summed E-state index contributed by atoms with van der Waals surface area (Å²) in [4.78, 5) is 15.9. The number of alkyl halides is 2. The van der Waals surface area contributed by atoms with Gasteiger partial charge in [0.1, 0.15) is 12.1 Å². The first-order valence-electron chi connectivity index (χ1n) is 13.0. The number of hydrogen-bond donors (Lipinski definition) is 0. The number of amides is 1. The summed E-state index contributed by atoms with van der Waals surface area (Å²) in [7, 11) is 3.72. The Morgan fingerprint density at radius 1 is 1.20 bits per heavy atom. The number of carbonyl (C=O) groups is 1. The number of aromatic nitrogens is 2. The van der Waals surface area contributed by atoms with Crippen LogP contribution in [0.1, 0.15) is 82.2 Å². The van der Waals surface area contributed by atoms with E-state index in [2.05, 4.69) is 10.00 Å². The van der Waals surface area contributed by atoms with E-state index in [0.717, 1.165) is 62.3 Å². The van der Waals surface area contributed by atoms with Gasteiger partial charge >= 0.3 is 6.09 Å². The largest absolute Gasteiger partial charge is 0.444 e. The number of likely N-dealkylation sites (N-methyl/N-ethyl adjacent to an activating group) is 2. The van der Waals surface area contributed by atoms with E-state index in [0.29, 0.717) is 19.6 Å². The van der Waals surface area contributed by atoms with Gasteiger partial charge in [-0.3, -0.25) is 9.58 Å². The van der Waals surface area contributed by atoms with Crippen molar-refractivity contribution in [1.29, 1.82) is 0 Å². The monoisotopic (exact) mass is 496 g/mol.